The predicted octanol–water partition coefficient (Wildman–Crippen LogP) is 1.35. The third-order valence-corrected chi connectivity index (χ3v) is 2.08. The summed E-state index contributed by atoms with van der Waals surface area (Å²) in [4.78, 5) is 6.27. The fourth-order valence-corrected chi connectivity index (χ4v) is 1.24. The van der Waals surface area contributed by atoms with Crippen molar-refractivity contribution in [3.05, 3.63) is 30.3 Å². The van der Waals surface area contributed by atoms with Crippen LogP contribution in [0.15, 0.2) is 35.3 Å². The Bertz CT molecular complexity index is 308. The van der Waals surface area contributed by atoms with Crippen LogP contribution < -0.4 is 16.2 Å². The minimum absolute atomic E-state index is 0.683. The molecule has 0 spiro atoms. The van der Waals surface area contributed by atoms with Crippen LogP contribution in [0, 0.1) is 0 Å². The summed E-state index contributed by atoms with van der Waals surface area (Å²) >= 11 is 0. The number of hydrogen-bond donors (Lipinski definition) is 2. The van der Waals surface area contributed by atoms with Crippen LogP contribution in [0.3, 0.4) is 0 Å². The summed E-state index contributed by atoms with van der Waals surface area (Å²) in [5, 5.41) is 0. The van der Waals surface area contributed by atoms with Crippen molar-refractivity contribution in [1.82, 2.24) is 5.43 Å². The van der Waals surface area contributed by atoms with E-state index in [1.807, 2.05) is 42.3 Å². The van der Waals surface area contributed by atoms with Gasteiger partial charge in [-0.25, -0.2) is 5.84 Å². The van der Waals surface area contributed by atoms with Crippen LogP contribution in [0.5, 0.6) is 0 Å². The number of hydrogen-bond acceptors (Lipinski definition) is 2. The molecule has 3 N–H and O–H groups in total. The number of nitrogens with two attached hydrogens (primary N) is 1. The normalized spacial score (nSPS) is 11.3. The van der Waals surface area contributed by atoms with E-state index >= 15 is 0 Å². The molecule has 4 heteroatoms. The van der Waals surface area contributed by atoms with Gasteiger partial charge < -0.3 is 4.90 Å². The molecule has 0 aliphatic rings. The number of nitrogens with zero attached hydrogens (tertiary/aromatic N) is 2. The molecule has 1 aromatic carbocycles. The zero-order chi connectivity index (χ0) is 11.1. The molecule has 82 valence electrons. The predicted molar refractivity (Wildman–Crippen MR) is 64.8 cm³/mol. The quantitative estimate of drug-likeness (QED) is 0.340. The van der Waals surface area contributed by atoms with E-state index < -0.39 is 0 Å². The van der Waals surface area contributed by atoms with Crippen LogP contribution in [-0.2, 0) is 0 Å². The van der Waals surface area contributed by atoms with Crippen molar-refractivity contribution < 1.29 is 0 Å². The number of para-hydroxylation sites is 1. The van der Waals surface area contributed by atoms with Crippen molar-refractivity contribution in [3.8, 4) is 0 Å². The number of hydrazine groups is 1. The number of nitrogens with one attached hydrogen (secondary N) is 1. The van der Waals surface area contributed by atoms with Gasteiger partial charge in [-0.05, 0) is 18.6 Å². The molecule has 1 rings (SSSR count). The van der Waals surface area contributed by atoms with E-state index in [1.54, 1.807) is 0 Å². The smallest absolute Gasteiger partial charge is 0.212 e. The second-order valence-electron chi connectivity index (χ2n) is 3.24. The van der Waals surface area contributed by atoms with Crippen LogP contribution in [0.1, 0.15) is 13.3 Å². The fourth-order valence-electron chi connectivity index (χ4n) is 1.24. The molecule has 0 aliphatic heterocycles. The lowest BCUT2D eigenvalue weighted by molar-refractivity contribution is 0.889. The Morgan fingerprint density at radius 1 is 1.40 bits per heavy atom. The molecule has 0 heterocycles. The van der Waals surface area contributed by atoms with Gasteiger partial charge >= 0.3 is 0 Å². The Labute approximate surface area is 90.8 Å². The Morgan fingerprint density at radius 3 is 2.60 bits per heavy atom. The first-order chi connectivity index (χ1) is 7.29. The maximum Gasteiger partial charge on any atom is 0.212 e. The second kappa shape index (κ2) is 6.03. The molecule has 0 aromatic heterocycles. The summed E-state index contributed by atoms with van der Waals surface area (Å²) in [5.74, 6) is 6.11. The molecular weight excluding hydrogens is 188 g/mol. The summed E-state index contributed by atoms with van der Waals surface area (Å²) in [7, 11) is 1.93. The molecule has 0 bridgehead atoms. The number of aliphatic imine (C=N–C) groups is 1. The molecule has 0 fully saturated rings. The SMILES string of the molecule is CCCN=C(NN)N(C)c1ccccc1. The topological polar surface area (TPSA) is 53.6 Å². The average Bonchev–Trinajstić information content (AvgIpc) is 2.31. The van der Waals surface area contributed by atoms with Gasteiger partial charge in [-0.3, -0.25) is 10.4 Å². The van der Waals surface area contributed by atoms with Crippen molar-refractivity contribution in [2.75, 3.05) is 18.5 Å². The summed E-state index contributed by atoms with van der Waals surface area (Å²) in [6.45, 7) is 2.86. The van der Waals surface area contributed by atoms with Gasteiger partial charge in [-0.1, -0.05) is 25.1 Å². The van der Waals surface area contributed by atoms with E-state index in [-0.39, 0.29) is 0 Å². The molecule has 1 aromatic rings. The zero-order valence-electron chi connectivity index (χ0n) is 9.27. The molecule has 0 unspecified atom stereocenters. The molecule has 0 amide bonds. The lowest BCUT2D eigenvalue weighted by Crippen LogP contribution is -2.43. The van der Waals surface area contributed by atoms with Crippen LogP contribution in [0.25, 0.3) is 0 Å². The number of benzene rings is 1. The van der Waals surface area contributed by atoms with Crippen molar-refractivity contribution in [2.24, 2.45) is 10.8 Å². The van der Waals surface area contributed by atoms with Crippen LogP contribution in [0.4, 0.5) is 5.69 Å². The monoisotopic (exact) mass is 206 g/mol. The van der Waals surface area contributed by atoms with Gasteiger partial charge in [0.2, 0.25) is 5.96 Å². The Kier molecular flexibility index (Phi) is 4.63. The first-order valence-electron chi connectivity index (χ1n) is 5.09. The highest BCUT2D eigenvalue weighted by atomic mass is 15.4. The summed E-state index contributed by atoms with van der Waals surface area (Å²) in [6.07, 6.45) is 1.01. The maximum atomic E-state index is 5.43. The van der Waals surface area contributed by atoms with Crippen LogP contribution >= 0.6 is 0 Å². The molecular formula is C11H18N4. The van der Waals surface area contributed by atoms with Gasteiger partial charge in [0.25, 0.3) is 0 Å². The highest BCUT2D eigenvalue weighted by molar-refractivity contribution is 5.95. The first-order valence-corrected chi connectivity index (χ1v) is 5.09. The maximum absolute atomic E-state index is 5.43. The number of guanidine groups is 1. The van der Waals surface area contributed by atoms with E-state index in [0.717, 1.165) is 18.7 Å². The highest BCUT2D eigenvalue weighted by Crippen LogP contribution is 2.10. The molecule has 0 saturated carbocycles. The van der Waals surface area contributed by atoms with Crippen LogP contribution in [-0.4, -0.2) is 19.6 Å². The molecule has 15 heavy (non-hydrogen) atoms. The lowest BCUT2D eigenvalue weighted by Gasteiger charge is -2.20. The Morgan fingerprint density at radius 2 is 2.07 bits per heavy atom. The van der Waals surface area contributed by atoms with Crippen molar-refractivity contribution in [3.63, 3.8) is 0 Å². The summed E-state index contributed by atoms with van der Waals surface area (Å²) in [6, 6.07) is 9.98. The average molecular weight is 206 g/mol. The first kappa shape index (κ1) is 11.5. The van der Waals surface area contributed by atoms with Gasteiger partial charge in [0.05, 0.1) is 0 Å². The number of rotatable bonds is 3. The molecule has 0 radical (unpaired) electrons. The van der Waals surface area contributed by atoms with Crippen molar-refractivity contribution >= 4 is 11.6 Å². The Hall–Kier alpha value is -1.55. The fraction of sp³-hybridized carbons (Fsp3) is 0.364. The molecule has 4 nitrogen and oxygen atoms in total. The summed E-state index contributed by atoms with van der Waals surface area (Å²) < 4.78 is 0. The van der Waals surface area contributed by atoms with Crippen LogP contribution in [0.2, 0.25) is 0 Å². The molecule has 0 atom stereocenters. The third-order valence-electron chi connectivity index (χ3n) is 2.08. The second-order valence-corrected chi connectivity index (χ2v) is 3.24. The van der Waals surface area contributed by atoms with Crippen molar-refractivity contribution in [1.29, 1.82) is 0 Å². The Balaban J connectivity index is 2.77. The minimum atomic E-state index is 0.683. The molecule has 0 saturated heterocycles. The largest absolute Gasteiger partial charge is 0.315 e. The van der Waals surface area contributed by atoms with Gasteiger partial charge in [0.1, 0.15) is 0 Å². The van der Waals surface area contributed by atoms with E-state index in [4.69, 9.17) is 5.84 Å². The van der Waals surface area contributed by atoms with Gasteiger partial charge in [-0.15, -0.1) is 0 Å². The summed E-state index contributed by atoms with van der Waals surface area (Å²) in [5.41, 5.74) is 3.67. The highest BCUT2D eigenvalue weighted by Gasteiger charge is 2.05. The van der Waals surface area contributed by atoms with Gasteiger partial charge in [0, 0.05) is 19.3 Å². The van der Waals surface area contributed by atoms with E-state index in [2.05, 4.69) is 17.3 Å². The van der Waals surface area contributed by atoms with Crippen molar-refractivity contribution in [2.45, 2.75) is 13.3 Å². The third kappa shape index (κ3) is 3.25. The molecule has 0 aliphatic carbocycles. The van der Waals surface area contributed by atoms with Gasteiger partial charge in [0.15, 0.2) is 0 Å². The lowest BCUT2D eigenvalue weighted by atomic mass is 10.3. The van der Waals surface area contributed by atoms with E-state index in [0.29, 0.717) is 5.96 Å². The van der Waals surface area contributed by atoms with E-state index in [1.165, 1.54) is 0 Å². The van der Waals surface area contributed by atoms with Gasteiger partial charge in [-0.2, -0.15) is 0 Å². The number of anilines is 1. The minimum Gasteiger partial charge on any atom is -0.315 e. The zero-order valence-corrected chi connectivity index (χ0v) is 9.27. The standard InChI is InChI=1S/C11H18N4/c1-3-9-13-11(14-12)15(2)10-7-5-4-6-8-10/h4-8H,3,9,12H2,1-2H3,(H,13,14). The van der Waals surface area contributed by atoms with E-state index in [9.17, 15) is 0 Å².